The monoisotopic (exact) mass is 461 g/mol. The van der Waals surface area contributed by atoms with Crippen LogP contribution in [0, 0.1) is 6.92 Å². The molecule has 4 aromatic rings. The summed E-state index contributed by atoms with van der Waals surface area (Å²) in [5, 5.41) is 1.29. The van der Waals surface area contributed by atoms with Crippen LogP contribution in [0.5, 0.6) is 11.5 Å². The molecule has 1 aliphatic rings. The predicted molar refractivity (Wildman–Crippen MR) is 126 cm³/mol. The number of ketones is 1. The van der Waals surface area contributed by atoms with Gasteiger partial charge in [0.25, 0.3) is 5.91 Å². The van der Waals surface area contributed by atoms with Gasteiger partial charge in [0, 0.05) is 34.8 Å². The minimum absolute atomic E-state index is 0.180. The van der Waals surface area contributed by atoms with Gasteiger partial charge in [-0.15, -0.1) is 0 Å². The molecule has 2 aromatic carbocycles. The molecule has 33 heavy (non-hydrogen) atoms. The van der Waals surface area contributed by atoms with E-state index in [1.54, 1.807) is 65.2 Å². The molecule has 1 unspecified atom stereocenters. The van der Waals surface area contributed by atoms with Crippen LogP contribution in [-0.2, 0) is 4.79 Å². The van der Waals surface area contributed by atoms with Gasteiger partial charge in [-0.3, -0.25) is 19.1 Å². The summed E-state index contributed by atoms with van der Waals surface area (Å²) in [6, 6.07) is 15.7. The molecule has 0 aliphatic carbocycles. The quantitative estimate of drug-likeness (QED) is 0.419. The number of ether oxygens (including phenoxy) is 2. The Bertz CT molecular complexity index is 1410. The average Bonchev–Trinajstić information content (AvgIpc) is 3.33. The maximum Gasteiger partial charge on any atom is 0.262 e. The molecule has 0 spiro atoms. The number of methoxy groups -OCH3 is 1. The molecule has 2 aromatic heterocycles. The first-order valence-electron chi connectivity index (χ1n) is 10.3. The van der Waals surface area contributed by atoms with Crippen LogP contribution in [0.2, 0.25) is 5.02 Å². The Labute approximate surface area is 195 Å². The summed E-state index contributed by atoms with van der Waals surface area (Å²) in [5.74, 6) is 1.25. The topological polar surface area (TPSA) is 73.7 Å². The van der Waals surface area contributed by atoms with Crippen molar-refractivity contribution in [3.05, 3.63) is 77.1 Å². The maximum absolute atomic E-state index is 13.6. The highest BCUT2D eigenvalue weighted by atomic mass is 35.5. The number of hydrogen-bond donors (Lipinski definition) is 0. The fraction of sp³-hybridized carbons (Fsp3) is 0.160. The van der Waals surface area contributed by atoms with E-state index in [1.807, 2.05) is 19.1 Å². The molecule has 3 heterocycles. The van der Waals surface area contributed by atoms with Crippen LogP contribution in [0.25, 0.3) is 10.9 Å². The molecule has 0 bridgehead atoms. The molecule has 0 radical (unpaired) electrons. The Morgan fingerprint density at radius 2 is 1.88 bits per heavy atom. The van der Waals surface area contributed by atoms with E-state index >= 15 is 0 Å². The first-order valence-corrected chi connectivity index (χ1v) is 10.7. The number of fused-ring (bicyclic) bond motifs is 2. The van der Waals surface area contributed by atoms with E-state index in [-0.39, 0.29) is 11.7 Å². The third kappa shape index (κ3) is 3.32. The van der Waals surface area contributed by atoms with Crippen LogP contribution < -0.4 is 14.4 Å². The number of anilines is 2. The second-order valence-corrected chi connectivity index (χ2v) is 8.18. The van der Waals surface area contributed by atoms with Crippen molar-refractivity contribution in [2.24, 2.45) is 0 Å². The highest BCUT2D eigenvalue weighted by Crippen LogP contribution is 2.46. The second-order valence-electron chi connectivity index (χ2n) is 7.74. The van der Waals surface area contributed by atoms with Crippen LogP contribution in [0.3, 0.4) is 0 Å². The number of benzene rings is 2. The van der Waals surface area contributed by atoms with E-state index in [2.05, 4.69) is 4.98 Å². The van der Waals surface area contributed by atoms with Gasteiger partial charge in [0.15, 0.2) is 17.4 Å². The summed E-state index contributed by atoms with van der Waals surface area (Å²) < 4.78 is 13.0. The number of halogens is 1. The summed E-state index contributed by atoms with van der Waals surface area (Å²) in [6.07, 6.45) is 0.746. The van der Waals surface area contributed by atoms with E-state index < -0.39 is 6.23 Å². The van der Waals surface area contributed by atoms with Crippen LogP contribution in [0.4, 0.5) is 11.5 Å². The number of carbonyl (C=O) groups is 2. The van der Waals surface area contributed by atoms with Gasteiger partial charge in [0.2, 0.25) is 6.23 Å². The van der Waals surface area contributed by atoms with Gasteiger partial charge in [-0.25, -0.2) is 4.98 Å². The van der Waals surface area contributed by atoms with Crippen molar-refractivity contribution in [3.63, 3.8) is 0 Å². The third-order valence-corrected chi connectivity index (χ3v) is 5.96. The molecular formula is C25H20ClN3O4. The number of Topliss-reactive ketones (excluding diaryl/α,β-unsaturated/α-hetero) is 1. The standard InChI is InChI=1S/C25H20ClN3O4/c1-14-22(29-23-21(5-4-12-27-23)33-25(29)15(2)30)19-13-18(32-3)10-11-20(19)28(14)24(31)16-6-8-17(26)9-7-16/h4-13,25H,1-3H3. The Morgan fingerprint density at radius 3 is 2.58 bits per heavy atom. The molecule has 0 saturated carbocycles. The number of carbonyl (C=O) groups excluding carboxylic acids is 2. The highest BCUT2D eigenvalue weighted by molar-refractivity contribution is 6.30. The van der Waals surface area contributed by atoms with Crippen molar-refractivity contribution in [2.45, 2.75) is 20.1 Å². The lowest BCUT2D eigenvalue weighted by atomic mass is 10.1. The molecule has 0 amide bonds. The lowest BCUT2D eigenvalue weighted by molar-refractivity contribution is -0.122. The molecule has 1 atom stereocenters. The van der Waals surface area contributed by atoms with E-state index in [4.69, 9.17) is 21.1 Å². The summed E-state index contributed by atoms with van der Waals surface area (Å²) in [6.45, 7) is 3.31. The van der Waals surface area contributed by atoms with Crippen molar-refractivity contribution in [1.82, 2.24) is 9.55 Å². The number of hydrogen-bond acceptors (Lipinski definition) is 6. The minimum Gasteiger partial charge on any atom is -0.497 e. The molecule has 0 fully saturated rings. The van der Waals surface area contributed by atoms with Gasteiger partial charge in [-0.1, -0.05) is 11.6 Å². The molecule has 0 saturated heterocycles. The van der Waals surface area contributed by atoms with Crippen molar-refractivity contribution < 1.29 is 19.1 Å². The minimum atomic E-state index is -0.899. The zero-order valence-electron chi connectivity index (χ0n) is 18.2. The fourth-order valence-electron chi connectivity index (χ4n) is 4.22. The predicted octanol–water partition coefficient (Wildman–Crippen LogP) is 5.14. The average molecular weight is 462 g/mol. The maximum atomic E-state index is 13.6. The number of pyridine rings is 1. The van der Waals surface area contributed by atoms with Gasteiger partial charge in [0.1, 0.15) is 5.75 Å². The molecule has 1 aliphatic heterocycles. The Morgan fingerprint density at radius 1 is 1.12 bits per heavy atom. The molecule has 8 heteroatoms. The lowest BCUT2D eigenvalue weighted by Crippen LogP contribution is -2.37. The number of nitrogens with zero attached hydrogens (tertiary/aromatic N) is 3. The van der Waals surface area contributed by atoms with Crippen molar-refractivity contribution in [2.75, 3.05) is 12.0 Å². The largest absolute Gasteiger partial charge is 0.497 e. The van der Waals surface area contributed by atoms with Gasteiger partial charge in [-0.05, 0) is 61.5 Å². The van der Waals surface area contributed by atoms with Crippen LogP contribution in [0.15, 0.2) is 60.8 Å². The Balaban J connectivity index is 1.79. The molecule has 5 rings (SSSR count). The molecule has 7 nitrogen and oxygen atoms in total. The van der Waals surface area contributed by atoms with Gasteiger partial charge < -0.3 is 9.47 Å². The van der Waals surface area contributed by atoms with E-state index in [1.165, 1.54) is 6.92 Å². The Kier molecular flexibility index (Phi) is 5.06. The summed E-state index contributed by atoms with van der Waals surface area (Å²) in [4.78, 5) is 32.4. The molecule has 0 N–H and O–H groups in total. The smallest absolute Gasteiger partial charge is 0.262 e. The second kappa shape index (κ2) is 7.94. The fourth-order valence-corrected chi connectivity index (χ4v) is 4.35. The summed E-state index contributed by atoms with van der Waals surface area (Å²) >= 11 is 6.01. The normalized spacial score (nSPS) is 14.8. The Hall–Kier alpha value is -3.84. The number of aromatic nitrogens is 2. The lowest BCUT2D eigenvalue weighted by Gasteiger charge is -2.23. The van der Waals surface area contributed by atoms with Gasteiger partial charge in [-0.2, -0.15) is 0 Å². The first-order chi connectivity index (χ1) is 15.9. The van der Waals surface area contributed by atoms with E-state index in [9.17, 15) is 9.59 Å². The highest BCUT2D eigenvalue weighted by Gasteiger charge is 2.39. The third-order valence-electron chi connectivity index (χ3n) is 5.71. The zero-order chi connectivity index (χ0) is 23.3. The van der Waals surface area contributed by atoms with Gasteiger partial charge in [0.05, 0.1) is 18.3 Å². The van der Waals surface area contributed by atoms with Crippen LogP contribution >= 0.6 is 11.6 Å². The summed E-state index contributed by atoms with van der Waals surface area (Å²) in [7, 11) is 1.58. The SMILES string of the molecule is COc1ccc2c(c1)c(N1c3ncccc3OC1C(C)=O)c(C)n2C(=O)c1ccc(Cl)cc1. The van der Waals surface area contributed by atoms with Crippen molar-refractivity contribution in [1.29, 1.82) is 0 Å². The number of rotatable bonds is 4. The van der Waals surface area contributed by atoms with Crippen LogP contribution in [-0.4, -0.2) is 34.6 Å². The molecular weight excluding hydrogens is 442 g/mol. The summed E-state index contributed by atoms with van der Waals surface area (Å²) in [5.41, 5.74) is 2.46. The zero-order valence-corrected chi connectivity index (χ0v) is 19.0. The van der Waals surface area contributed by atoms with E-state index in [0.717, 1.165) is 5.39 Å². The first kappa shape index (κ1) is 21.0. The molecule has 166 valence electrons. The van der Waals surface area contributed by atoms with E-state index in [0.29, 0.717) is 44.8 Å². The van der Waals surface area contributed by atoms with Crippen LogP contribution in [0.1, 0.15) is 23.0 Å². The van der Waals surface area contributed by atoms with Gasteiger partial charge >= 0.3 is 0 Å². The van der Waals surface area contributed by atoms with Crippen molar-refractivity contribution >= 4 is 45.7 Å². The van der Waals surface area contributed by atoms with Crippen molar-refractivity contribution in [3.8, 4) is 11.5 Å².